The van der Waals surface area contributed by atoms with E-state index >= 15 is 0 Å². The highest BCUT2D eigenvalue weighted by molar-refractivity contribution is 5.85. The van der Waals surface area contributed by atoms with Gasteiger partial charge in [0, 0.05) is 0 Å². The van der Waals surface area contributed by atoms with Gasteiger partial charge in [-0.2, -0.15) is 5.48 Å². The molecule has 1 fully saturated rings. The zero-order valence-electron chi connectivity index (χ0n) is 5.75. The number of hydrogen-bond acceptors (Lipinski definition) is 2. The Morgan fingerprint density at radius 1 is 1.30 bits per heavy atom. The first-order chi connectivity index (χ1) is 4.45. The molecule has 2 unspecified atom stereocenters. The van der Waals surface area contributed by atoms with E-state index in [2.05, 4.69) is 17.6 Å². The van der Waals surface area contributed by atoms with Gasteiger partial charge in [0.2, 0.25) is 0 Å². The second kappa shape index (κ2) is 3.37. The highest BCUT2D eigenvalue weighted by Gasteiger charge is 2.19. The lowest BCUT2D eigenvalue weighted by Gasteiger charge is -2.18. The Morgan fingerprint density at radius 3 is 2.90 bits per heavy atom. The van der Waals surface area contributed by atoms with Crippen LogP contribution in [-0.2, 0) is 4.84 Å². The minimum Gasteiger partial charge on any atom is -0.294 e. The first-order valence-electron chi connectivity index (χ1n) is 3.54. The molecule has 2 heterocycles. The minimum absolute atomic E-state index is 0. The van der Waals surface area contributed by atoms with Crippen molar-refractivity contribution >= 4 is 12.4 Å². The van der Waals surface area contributed by atoms with Gasteiger partial charge < -0.3 is 0 Å². The molecule has 2 aliphatic heterocycles. The third-order valence-electron chi connectivity index (χ3n) is 1.93. The van der Waals surface area contributed by atoms with E-state index in [1.54, 1.807) is 0 Å². The summed E-state index contributed by atoms with van der Waals surface area (Å²) >= 11 is 0. The highest BCUT2D eigenvalue weighted by Crippen LogP contribution is 2.18. The molecule has 1 N–H and O–H groups in total. The Morgan fingerprint density at radius 2 is 2.20 bits per heavy atom. The van der Waals surface area contributed by atoms with Gasteiger partial charge in [-0.15, -0.1) is 12.4 Å². The molecule has 0 spiro atoms. The molecule has 10 heavy (non-hydrogen) atoms. The molecule has 0 saturated carbocycles. The van der Waals surface area contributed by atoms with Crippen LogP contribution < -0.4 is 5.48 Å². The number of hydrogen-bond donors (Lipinski definition) is 1. The van der Waals surface area contributed by atoms with Gasteiger partial charge >= 0.3 is 0 Å². The zero-order chi connectivity index (χ0) is 6.10. The Bertz CT molecular complexity index is 120. The van der Waals surface area contributed by atoms with E-state index < -0.39 is 0 Å². The van der Waals surface area contributed by atoms with Crippen LogP contribution in [0.4, 0.5) is 0 Å². The van der Waals surface area contributed by atoms with Crippen LogP contribution >= 0.6 is 12.4 Å². The molecule has 3 aliphatic rings. The van der Waals surface area contributed by atoms with Gasteiger partial charge in [-0.1, -0.05) is 12.2 Å². The number of fused-ring (bicyclic) bond motifs is 3. The highest BCUT2D eigenvalue weighted by atomic mass is 35.5. The molecule has 3 heteroatoms. The second-order valence-electron chi connectivity index (χ2n) is 2.70. The number of rotatable bonds is 0. The third-order valence-corrected chi connectivity index (χ3v) is 1.93. The predicted octanol–water partition coefficient (Wildman–Crippen LogP) is 1.42. The summed E-state index contributed by atoms with van der Waals surface area (Å²) in [6, 6.07) is 0.490. The van der Waals surface area contributed by atoms with Gasteiger partial charge in [0.1, 0.15) is 0 Å². The molecule has 0 aromatic heterocycles. The van der Waals surface area contributed by atoms with Crippen LogP contribution in [0.5, 0.6) is 0 Å². The van der Waals surface area contributed by atoms with E-state index in [0.717, 1.165) is 0 Å². The van der Waals surface area contributed by atoms with Gasteiger partial charge in [0.15, 0.2) is 0 Å². The van der Waals surface area contributed by atoms with Crippen molar-refractivity contribution in [3.05, 3.63) is 12.2 Å². The van der Waals surface area contributed by atoms with E-state index in [9.17, 15) is 0 Å². The summed E-state index contributed by atoms with van der Waals surface area (Å²) in [4.78, 5) is 5.27. The van der Waals surface area contributed by atoms with E-state index in [4.69, 9.17) is 4.84 Å². The molecule has 0 aromatic carbocycles. The SMILES string of the molecule is C1=CC2CCCC1NO2.Cl. The van der Waals surface area contributed by atoms with Crippen molar-refractivity contribution in [3.8, 4) is 0 Å². The summed E-state index contributed by atoms with van der Waals surface area (Å²) in [5, 5.41) is 0. The summed E-state index contributed by atoms with van der Waals surface area (Å²) in [6.45, 7) is 0. The van der Waals surface area contributed by atoms with Crippen molar-refractivity contribution in [3.63, 3.8) is 0 Å². The molecule has 1 saturated heterocycles. The summed E-state index contributed by atoms with van der Waals surface area (Å²) in [7, 11) is 0. The second-order valence-corrected chi connectivity index (χ2v) is 2.70. The maximum absolute atomic E-state index is 5.27. The summed E-state index contributed by atoms with van der Waals surface area (Å²) in [5.74, 6) is 0. The molecule has 0 radical (unpaired) electrons. The summed E-state index contributed by atoms with van der Waals surface area (Å²) in [6.07, 6.45) is 8.42. The van der Waals surface area contributed by atoms with Crippen molar-refractivity contribution in [2.24, 2.45) is 0 Å². The maximum atomic E-state index is 5.27. The van der Waals surface area contributed by atoms with Crippen LogP contribution in [0, 0.1) is 0 Å². The summed E-state index contributed by atoms with van der Waals surface area (Å²) < 4.78 is 0. The number of hydroxylamine groups is 1. The smallest absolute Gasteiger partial charge is 0.0972 e. The van der Waals surface area contributed by atoms with Crippen LogP contribution in [0.2, 0.25) is 0 Å². The number of nitrogens with one attached hydrogen (secondary N) is 1. The van der Waals surface area contributed by atoms with Gasteiger partial charge in [-0.25, -0.2) is 0 Å². The van der Waals surface area contributed by atoms with E-state index in [-0.39, 0.29) is 12.4 Å². The van der Waals surface area contributed by atoms with Crippen molar-refractivity contribution < 1.29 is 4.84 Å². The summed E-state index contributed by atoms with van der Waals surface area (Å²) in [5.41, 5.74) is 2.99. The van der Waals surface area contributed by atoms with Gasteiger partial charge in [0.05, 0.1) is 12.1 Å². The van der Waals surface area contributed by atoms with Crippen molar-refractivity contribution in [2.75, 3.05) is 0 Å². The molecule has 58 valence electrons. The average Bonchev–Trinajstić information content (AvgIpc) is 2.21. The Kier molecular flexibility index (Phi) is 2.72. The fourth-order valence-electron chi connectivity index (χ4n) is 1.36. The molecular weight excluding hydrogens is 150 g/mol. The molecule has 2 nitrogen and oxygen atoms in total. The molecule has 2 atom stereocenters. The van der Waals surface area contributed by atoms with Crippen LogP contribution in [0.1, 0.15) is 19.3 Å². The van der Waals surface area contributed by atoms with E-state index in [1.165, 1.54) is 19.3 Å². The van der Waals surface area contributed by atoms with Crippen molar-refractivity contribution in [1.29, 1.82) is 0 Å². The predicted molar refractivity (Wildman–Crippen MR) is 42.0 cm³/mol. The van der Waals surface area contributed by atoms with Crippen LogP contribution in [-0.4, -0.2) is 12.1 Å². The molecule has 0 aromatic rings. The largest absolute Gasteiger partial charge is 0.294 e. The molecule has 2 bridgehead atoms. The van der Waals surface area contributed by atoms with E-state index in [1.807, 2.05) is 0 Å². The fourth-order valence-corrected chi connectivity index (χ4v) is 1.36. The Labute approximate surface area is 67.0 Å². The first-order valence-corrected chi connectivity index (χ1v) is 3.54. The van der Waals surface area contributed by atoms with E-state index in [0.29, 0.717) is 12.1 Å². The maximum Gasteiger partial charge on any atom is 0.0972 e. The number of halogens is 1. The standard InChI is InChI=1S/C7H11NO.ClH/c1-2-6-4-5-7(3-1)9-8-6;/h4-8H,1-3H2;1H. The van der Waals surface area contributed by atoms with Crippen LogP contribution in [0.15, 0.2) is 12.2 Å². The monoisotopic (exact) mass is 161 g/mol. The molecule has 1 aliphatic carbocycles. The van der Waals surface area contributed by atoms with Gasteiger partial charge in [0.25, 0.3) is 0 Å². The van der Waals surface area contributed by atoms with Crippen LogP contribution in [0.25, 0.3) is 0 Å². The Hall–Kier alpha value is -0.0500. The minimum atomic E-state index is 0. The van der Waals surface area contributed by atoms with Gasteiger partial charge in [-0.05, 0) is 19.3 Å². The Balaban J connectivity index is 0.000000500. The first kappa shape index (κ1) is 8.05. The third kappa shape index (κ3) is 1.51. The van der Waals surface area contributed by atoms with Gasteiger partial charge in [-0.3, -0.25) is 4.84 Å². The molecule has 3 rings (SSSR count). The topological polar surface area (TPSA) is 21.3 Å². The fraction of sp³-hybridized carbons (Fsp3) is 0.714. The van der Waals surface area contributed by atoms with Crippen molar-refractivity contribution in [2.45, 2.75) is 31.4 Å². The lowest BCUT2D eigenvalue weighted by molar-refractivity contribution is -0.0118. The molecule has 0 amide bonds. The lowest BCUT2D eigenvalue weighted by Crippen LogP contribution is -2.32. The quantitative estimate of drug-likeness (QED) is 0.543. The molecular formula is C7H12ClNO. The van der Waals surface area contributed by atoms with Crippen molar-refractivity contribution in [1.82, 2.24) is 5.48 Å². The van der Waals surface area contributed by atoms with Crippen LogP contribution in [0.3, 0.4) is 0 Å². The lowest BCUT2D eigenvalue weighted by atomic mass is 10.2. The zero-order valence-corrected chi connectivity index (χ0v) is 6.56. The normalized spacial score (nSPS) is 36.8. The average molecular weight is 162 g/mol.